The Morgan fingerprint density at radius 3 is 2.45 bits per heavy atom. The summed E-state index contributed by atoms with van der Waals surface area (Å²) in [6, 6.07) is 17.6. The minimum atomic E-state index is 0.550. The van der Waals surface area contributed by atoms with Crippen molar-refractivity contribution in [2.24, 2.45) is 0 Å². The number of hydrogen-bond acceptors (Lipinski definition) is 2. The molecule has 20 heavy (non-hydrogen) atoms. The molecule has 1 N–H and O–H groups in total. The molecule has 0 aliphatic heterocycles. The maximum Gasteiger partial charge on any atom is 0.0991 e. The summed E-state index contributed by atoms with van der Waals surface area (Å²) < 4.78 is 2.06. The summed E-state index contributed by atoms with van der Waals surface area (Å²) in [5.74, 6) is 0. The number of nitrogens with zero attached hydrogens (tertiary/aromatic N) is 2. The summed E-state index contributed by atoms with van der Waals surface area (Å²) in [6.07, 6.45) is 1.98. The minimum Gasteiger partial charge on any atom is -0.316 e. The van der Waals surface area contributed by atoms with Crippen molar-refractivity contribution < 1.29 is 0 Å². The molecule has 0 amide bonds. The molecular weight excluding hydrogens is 246 g/mol. The smallest absolute Gasteiger partial charge is 0.0991 e. The van der Waals surface area contributed by atoms with Crippen molar-refractivity contribution in [3.05, 3.63) is 65.9 Å². The molecule has 3 heteroatoms. The van der Waals surface area contributed by atoms with Crippen LogP contribution in [0, 0.1) is 16.7 Å². The summed E-state index contributed by atoms with van der Waals surface area (Å²) in [4.78, 5) is 0. The molecule has 3 aromatic rings. The van der Waals surface area contributed by atoms with Crippen molar-refractivity contribution >= 4 is 16.6 Å². The Morgan fingerprint density at radius 2 is 1.80 bits per heavy atom. The van der Waals surface area contributed by atoms with Crippen LogP contribution in [0.5, 0.6) is 0 Å². The number of nitrogens with one attached hydrogen (secondary N) is 1. The molecule has 0 spiro atoms. The molecule has 3 nitrogen and oxygen atoms in total. The molecule has 0 saturated heterocycles. The van der Waals surface area contributed by atoms with E-state index in [0.29, 0.717) is 11.3 Å². The van der Waals surface area contributed by atoms with Crippen molar-refractivity contribution in [3.8, 4) is 11.8 Å². The molecule has 0 unspecified atom stereocenters. The zero-order valence-corrected chi connectivity index (χ0v) is 11.1. The lowest BCUT2D eigenvalue weighted by atomic mass is 10.1. The van der Waals surface area contributed by atoms with Crippen molar-refractivity contribution in [1.29, 1.82) is 10.7 Å². The molecule has 1 aromatic heterocycles. The van der Waals surface area contributed by atoms with Gasteiger partial charge in [0.1, 0.15) is 0 Å². The van der Waals surface area contributed by atoms with Crippen LogP contribution in [0.1, 0.15) is 18.1 Å². The predicted molar refractivity (Wildman–Crippen MR) is 80.5 cm³/mol. The molecule has 0 atom stereocenters. The van der Waals surface area contributed by atoms with Crippen molar-refractivity contribution in [3.63, 3.8) is 0 Å². The van der Waals surface area contributed by atoms with E-state index in [-0.39, 0.29) is 0 Å². The highest BCUT2D eigenvalue weighted by atomic mass is 15.0. The number of hydrogen-bond donors (Lipinski definition) is 1. The van der Waals surface area contributed by atoms with E-state index in [1.807, 2.05) is 42.6 Å². The third-order valence-electron chi connectivity index (χ3n) is 3.39. The topological polar surface area (TPSA) is 52.6 Å². The van der Waals surface area contributed by atoms with E-state index in [1.54, 1.807) is 19.1 Å². The maximum absolute atomic E-state index is 8.86. The Hall–Kier alpha value is -2.86. The summed E-state index contributed by atoms with van der Waals surface area (Å²) in [5, 5.41) is 17.8. The zero-order chi connectivity index (χ0) is 14.1. The SMILES string of the molecule is CC(=N)c1cn(-c2ccc(C#N)cc2)c2ccccc12. The fourth-order valence-electron chi connectivity index (χ4n) is 2.39. The Kier molecular flexibility index (Phi) is 2.85. The van der Waals surface area contributed by atoms with E-state index >= 15 is 0 Å². The third-order valence-corrected chi connectivity index (χ3v) is 3.39. The summed E-state index contributed by atoms with van der Waals surface area (Å²) in [7, 11) is 0. The van der Waals surface area contributed by atoms with Gasteiger partial charge in [-0.3, -0.25) is 0 Å². The van der Waals surface area contributed by atoms with E-state index in [1.165, 1.54) is 0 Å². The lowest BCUT2D eigenvalue weighted by Crippen LogP contribution is -1.92. The van der Waals surface area contributed by atoms with Gasteiger partial charge in [-0.1, -0.05) is 18.2 Å². The van der Waals surface area contributed by atoms with Gasteiger partial charge in [-0.15, -0.1) is 0 Å². The molecular formula is C17H13N3. The van der Waals surface area contributed by atoms with Crippen LogP contribution >= 0.6 is 0 Å². The first-order valence-electron chi connectivity index (χ1n) is 6.37. The van der Waals surface area contributed by atoms with E-state index in [2.05, 4.69) is 10.6 Å². The van der Waals surface area contributed by atoms with Crippen LogP contribution in [0.3, 0.4) is 0 Å². The second kappa shape index (κ2) is 4.67. The van der Waals surface area contributed by atoms with Crippen molar-refractivity contribution in [2.75, 3.05) is 0 Å². The normalized spacial score (nSPS) is 10.4. The standard InChI is InChI=1S/C17H13N3/c1-12(19)16-11-20(17-5-3-2-4-15(16)17)14-8-6-13(10-18)7-9-14/h2-9,11,19H,1H3. The highest BCUT2D eigenvalue weighted by Crippen LogP contribution is 2.25. The number of rotatable bonds is 2. The fraction of sp³-hybridized carbons (Fsp3) is 0.0588. The van der Waals surface area contributed by atoms with Crippen LogP contribution in [0.25, 0.3) is 16.6 Å². The summed E-state index contributed by atoms with van der Waals surface area (Å²) in [5.41, 5.74) is 4.19. The van der Waals surface area contributed by atoms with Crippen LogP contribution in [0.2, 0.25) is 0 Å². The Balaban J connectivity index is 2.25. The largest absolute Gasteiger partial charge is 0.316 e. The Labute approximate surface area is 117 Å². The molecule has 3 rings (SSSR count). The lowest BCUT2D eigenvalue weighted by molar-refractivity contribution is 1.12. The molecule has 0 aliphatic rings. The predicted octanol–water partition coefficient (Wildman–Crippen LogP) is 3.89. The number of para-hydroxylation sites is 1. The van der Waals surface area contributed by atoms with Gasteiger partial charge in [-0.2, -0.15) is 5.26 Å². The molecule has 96 valence electrons. The first-order chi connectivity index (χ1) is 9.70. The third kappa shape index (κ3) is 1.88. The van der Waals surface area contributed by atoms with E-state index in [9.17, 15) is 0 Å². The van der Waals surface area contributed by atoms with Gasteiger partial charge in [0, 0.05) is 28.5 Å². The molecule has 0 fully saturated rings. The van der Waals surface area contributed by atoms with Gasteiger partial charge in [0.15, 0.2) is 0 Å². The highest BCUT2D eigenvalue weighted by molar-refractivity contribution is 6.08. The monoisotopic (exact) mass is 259 g/mol. The first-order valence-corrected chi connectivity index (χ1v) is 6.37. The summed E-state index contributed by atoms with van der Waals surface area (Å²) >= 11 is 0. The average molecular weight is 259 g/mol. The lowest BCUT2D eigenvalue weighted by Gasteiger charge is -2.04. The number of nitriles is 1. The van der Waals surface area contributed by atoms with Crippen LogP contribution in [0.15, 0.2) is 54.7 Å². The van der Waals surface area contributed by atoms with Gasteiger partial charge >= 0.3 is 0 Å². The van der Waals surface area contributed by atoms with E-state index in [4.69, 9.17) is 10.7 Å². The molecule has 2 aromatic carbocycles. The van der Waals surface area contributed by atoms with Gasteiger partial charge in [0.05, 0.1) is 17.1 Å². The van der Waals surface area contributed by atoms with Gasteiger partial charge in [-0.25, -0.2) is 0 Å². The first kappa shape index (κ1) is 12.2. The zero-order valence-electron chi connectivity index (χ0n) is 11.1. The van der Waals surface area contributed by atoms with Gasteiger partial charge < -0.3 is 9.98 Å². The van der Waals surface area contributed by atoms with Crippen LogP contribution in [-0.4, -0.2) is 10.3 Å². The van der Waals surface area contributed by atoms with Crippen LogP contribution < -0.4 is 0 Å². The second-order valence-electron chi connectivity index (χ2n) is 4.71. The minimum absolute atomic E-state index is 0.550. The molecule has 1 heterocycles. The Morgan fingerprint density at radius 1 is 1.10 bits per heavy atom. The number of benzene rings is 2. The molecule has 0 radical (unpaired) electrons. The van der Waals surface area contributed by atoms with Crippen LogP contribution in [0.4, 0.5) is 0 Å². The van der Waals surface area contributed by atoms with Crippen molar-refractivity contribution in [1.82, 2.24) is 4.57 Å². The van der Waals surface area contributed by atoms with Crippen LogP contribution in [-0.2, 0) is 0 Å². The van der Waals surface area contributed by atoms with Gasteiger partial charge in [-0.05, 0) is 37.3 Å². The fourth-order valence-corrected chi connectivity index (χ4v) is 2.39. The number of aromatic nitrogens is 1. The van der Waals surface area contributed by atoms with E-state index in [0.717, 1.165) is 22.2 Å². The molecule has 0 saturated carbocycles. The average Bonchev–Trinajstić information content (AvgIpc) is 2.87. The van der Waals surface area contributed by atoms with E-state index < -0.39 is 0 Å². The maximum atomic E-state index is 8.86. The molecule has 0 aliphatic carbocycles. The highest BCUT2D eigenvalue weighted by Gasteiger charge is 2.10. The molecule has 0 bridgehead atoms. The van der Waals surface area contributed by atoms with Gasteiger partial charge in [0.2, 0.25) is 0 Å². The van der Waals surface area contributed by atoms with Crippen molar-refractivity contribution in [2.45, 2.75) is 6.92 Å². The summed E-state index contributed by atoms with van der Waals surface area (Å²) in [6.45, 7) is 1.80. The Bertz CT molecular complexity index is 833. The van der Waals surface area contributed by atoms with Gasteiger partial charge in [0.25, 0.3) is 0 Å². The number of fused-ring (bicyclic) bond motifs is 1. The second-order valence-corrected chi connectivity index (χ2v) is 4.71. The quantitative estimate of drug-likeness (QED) is 0.697.